The van der Waals surface area contributed by atoms with E-state index in [1.807, 2.05) is 19.2 Å². The molecule has 0 spiro atoms. The van der Waals surface area contributed by atoms with Gasteiger partial charge in [0.1, 0.15) is 5.82 Å². The zero-order valence-electron chi connectivity index (χ0n) is 11.0. The lowest BCUT2D eigenvalue weighted by molar-refractivity contribution is 0.0869. The van der Waals surface area contributed by atoms with Gasteiger partial charge >= 0.3 is 0 Å². The molecule has 2 nitrogen and oxygen atoms in total. The summed E-state index contributed by atoms with van der Waals surface area (Å²) in [5.74, 6) is 0.523. The highest BCUT2D eigenvalue weighted by atomic mass is 19.1. The number of nitrogens with one attached hydrogen (secondary N) is 1. The standard InChI is InChI=1S/C15H22FNO/c1-17-9-13-6-7-15(16)14(8-13)11-18-10-12-4-2-3-5-12/h6-8,12,17H,2-5,9-11H2,1H3. The monoisotopic (exact) mass is 251 g/mol. The summed E-state index contributed by atoms with van der Waals surface area (Å²) < 4.78 is 19.3. The van der Waals surface area contributed by atoms with Crippen molar-refractivity contribution in [3.8, 4) is 0 Å². The lowest BCUT2D eigenvalue weighted by atomic mass is 10.1. The van der Waals surface area contributed by atoms with Gasteiger partial charge in [0, 0.05) is 18.7 Å². The van der Waals surface area contributed by atoms with E-state index in [-0.39, 0.29) is 5.82 Å². The number of benzene rings is 1. The summed E-state index contributed by atoms with van der Waals surface area (Å²) in [4.78, 5) is 0. The van der Waals surface area contributed by atoms with Crippen molar-refractivity contribution in [2.75, 3.05) is 13.7 Å². The molecule has 1 fully saturated rings. The summed E-state index contributed by atoms with van der Waals surface area (Å²) in [6, 6.07) is 5.23. The second-order valence-electron chi connectivity index (χ2n) is 5.12. The Hall–Kier alpha value is -0.930. The molecule has 3 heteroatoms. The molecule has 0 radical (unpaired) electrons. The Balaban J connectivity index is 1.85. The van der Waals surface area contributed by atoms with Crippen LogP contribution in [-0.2, 0) is 17.9 Å². The zero-order chi connectivity index (χ0) is 12.8. The third-order valence-electron chi connectivity index (χ3n) is 3.58. The number of hydrogen-bond acceptors (Lipinski definition) is 2. The van der Waals surface area contributed by atoms with Gasteiger partial charge in [-0.15, -0.1) is 0 Å². The Morgan fingerprint density at radius 3 is 2.83 bits per heavy atom. The van der Waals surface area contributed by atoms with Gasteiger partial charge in [0.05, 0.1) is 6.61 Å². The lowest BCUT2D eigenvalue weighted by Crippen LogP contribution is -2.08. The Bertz CT molecular complexity index is 375. The first-order chi connectivity index (χ1) is 8.79. The van der Waals surface area contributed by atoms with Crippen LogP contribution in [0.15, 0.2) is 18.2 Å². The quantitative estimate of drug-likeness (QED) is 0.838. The molecule has 1 aliphatic carbocycles. The van der Waals surface area contributed by atoms with Crippen molar-refractivity contribution in [2.45, 2.75) is 38.8 Å². The van der Waals surface area contributed by atoms with Crippen LogP contribution in [0.25, 0.3) is 0 Å². The van der Waals surface area contributed by atoms with E-state index in [9.17, 15) is 4.39 Å². The fourth-order valence-corrected chi connectivity index (χ4v) is 2.57. The number of rotatable bonds is 6. The van der Waals surface area contributed by atoms with Crippen molar-refractivity contribution in [1.82, 2.24) is 5.32 Å². The van der Waals surface area contributed by atoms with Gasteiger partial charge in [-0.1, -0.05) is 18.9 Å². The maximum absolute atomic E-state index is 13.6. The first-order valence-electron chi connectivity index (χ1n) is 6.79. The van der Waals surface area contributed by atoms with Crippen LogP contribution in [0.1, 0.15) is 36.8 Å². The highest BCUT2D eigenvalue weighted by Gasteiger charge is 2.15. The van der Waals surface area contributed by atoms with E-state index in [4.69, 9.17) is 4.74 Å². The van der Waals surface area contributed by atoms with E-state index in [0.29, 0.717) is 18.1 Å². The largest absolute Gasteiger partial charge is 0.376 e. The molecule has 2 rings (SSSR count). The Labute approximate surface area is 109 Å². The molecule has 1 aliphatic rings. The highest BCUT2D eigenvalue weighted by molar-refractivity contribution is 5.24. The van der Waals surface area contributed by atoms with Crippen molar-refractivity contribution < 1.29 is 9.13 Å². The minimum Gasteiger partial charge on any atom is -0.376 e. The van der Waals surface area contributed by atoms with Gasteiger partial charge in [-0.05, 0) is 43.5 Å². The van der Waals surface area contributed by atoms with Gasteiger partial charge in [-0.25, -0.2) is 4.39 Å². The van der Waals surface area contributed by atoms with Crippen molar-refractivity contribution in [1.29, 1.82) is 0 Å². The van der Waals surface area contributed by atoms with Crippen LogP contribution in [0.4, 0.5) is 4.39 Å². The fourth-order valence-electron chi connectivity index (χ4n) is 2.57. The molecule has 0 aliphatic heterocycles. The van der Waals surface area contributed by atoms with Crippen LogP contribution in [-0.4, -0.2) is 13.7 Å². The molecule has 100 valence electrons. The zero-order valence-corrected chi connectivity index (χ0v) is 11.0. The summed E-state index contributed by atoms with van der Waals surface area (Å²) >= 11 is 0. The third-order valence-corrected chi connectivity index (χ3v) is 3.58. The minimum atomic E-state index is -0.165. The van der Waals surface area contributed by atoms with E-state index >= 15 is 0 Å². The molecule has 0 heterocycles. The Morgan fingerprint density at radius 1 is 1.33 bits per heavy atom. The second-order valence-corrected chi connectivity index (χ2v) is 5.12. The summed E-state index contributed by atoms with van der Waals surface area (Å²) in [5, 5.41) is 3.07. The Morgan fingerprint density at radius 2 is 2.11 bits per heavy atom. The molecule has 0 amide bonds. The molecule has 18 heavy (non-hydrogen) atoms. The smallest absolute Gasteiger partial charge is 0.128 e. The van der Waals surface area contributed by atoms with Gasteiger partial charge in [0.15, 0.2) is 0 Å². The average molecular weight is 251 g/mol. The topological polar surface area (TPSA) is 21.3 Å². The number of halogens is 1. The summed E-state index contributed by atoms with van der Waals surface area (Å²) in [5.41, 5.74) is 1.76. The van der Waals surface area contributed by atoms with Crippen LogP contribution in [0.3, 0.4) is 0 Å². The molecule has 0 unspecified atom stereocenters. The molecule has 0 saturated heterocycles. The number of hydrogen-bond donors (Lipinski definition) is 1. The van der Waals surface area contributed by atoms with E-state index < -0.39 is 0 Å². The first kappa shape index (κ1) is 13.5. The van der Waals surface area contributed by atoms with Crippen LogP contribution < -0.4 is 5.32 Å². The van der Waals surface area contributed by atoms with Crippen molar-refractivity contribution in [2.24, 2.45) is 5.92 Å². The van der Waals surface area contributed by atoms with Crippen LogP contribution in [0.2, 0.25) is 0 Å². The molecular weight excluding hydrogens is 229 g/mol. The normalized spacial score (nSPS) is 16.3. The van der Waals surface area contributed by atoms with Gasteiger partial charge < -0.3 is 10.1 Å². The average Bonchev–Trinajstić information content (AvgIpc) is 2.86. The van der Waals surface area contributed by atoms with Crippen molar-refractivity contribution >= 4 is 0 Å². The summed E-state index contributed by atoms with van der Waals surface area (Å²) in [6.07, 6.45) is 5.17. The molecule has 1 saturated carbocycles. The molecule has 1 aromatic rings. The van der Waals surface area contributed by atoms with E-state index in [1.54, 1.807) is 0 Å². The molecule has 1 N–H and O–H groups in total. The molecule has 0 atom stereocenters. The van der Waals surface area contributed by atoms with E-state index in [0.717, 1.165) is 18.7 Å². The van der Waals surface area contributed by atoms with Crippen LogP contribution in [0, 0.1) is 11.7 Å². The van der Waals surface area contributed by atoms with Crippen LogP contribution >= 0.6 is 0 Å². The fraction of sp³-hybridized carbons (Fsp3) is 0.600. The summed E-state index contributed by atoms with van der Waals surface area (Å²) in [6.45, 7) is 1.92. The summed E-state index contributed by atoms with van der Waals surface area (Å²) in [7, 11) is 1.89. The predicted octanol–water partition coefficient (Wildman–Crippen LogP) is 3.25. The lowest BCUT2D eigenvalue weighted by Gasteiger charge is -2.11. The molecular formula is C15H22FNO. The van der Waals surface area contributed by atoms with Gasteiger partial charge in [0.25, 0.3) is 0 Å². The third kappa shape index (κ3) is 3.79. The first-order valence-corrected chi connectivity index (χ1v) is 6.79. The molecule has 0 bridgehead atoms. The molecule has 0 aromatic heterocycles. The van der Waals surface area contributed by atoms with Crippen molar-refractivity contribution in [3.05, 3.63) is 35.1 Å². The van der Waals surface area contributed by atoms with Crippen LogP contribution in [0.5, 0.6) is 0 Å². The second kappa shape index (κ2) is 6.86. The highest BCUT2D eigenvalue weighted by Crippen LogP contribution is 2.25. The predicted molar refractivity (Wildman–Crippen MR) is 70.8 cm³/mol. The van der Waals surface area contributed by atoms with Gasteiger partial charge in [-0.3, -0.25) is 0 Å². The van der Waals surface area contributed by atoms with Crippen molar-refractivity contribution in [3.63, 3.8) is 0 Å². The Kier molecular flexibility index (Phi) is 5.14. The maximum atomic E-state index is 13.6. The van der Waals surface area contributed by atoms with E-state index in [2.05, 4.69) is 5.32 Å². The van der Waals surface area contributed by atoms with Gasteiger partial charge in [0.2, 0.25) is 0 Å². The maximum Gasteiger partial charge on any atom is 0.128 e. The molecule has 1 aromatic carbocycles. The van der Waals surface area contributed by atoms with E-state index in [1.165, 1.54) is 31.7 Å². The number of ether oxygens (including phenoxy) is 1. The minimum absolute atomic E-state index is 0.165. The SMILES string of the molecule is CNCc1ccc(F)c(COCC2CCCC2)c1. The van der Waals surface area contributed by atoms with Gasteiger partial charge in [-0.2, -0.15) is 0 Å².